The van der Waals surface area contributed by atoms with Crippen molar-refractivity contribution in [2.75, 3.05) is 26.9 Å². The Morgan fingerprint density at radius 3 is 2.69 bits per heavy atom. The predicted octanol–water partition coefficient (Wildman–Crippen LogP) is 3.07. The summed E-state index contributed by atoms with van der Waals surface area (Å²) < 4.78 is 15.9. The number of carbonyl (C=O) groups excluding carboxylic acids is 1. The van der Waals surface area contributed by atoms with Crippen LogP contribution in [0.1, 0.15) is 19.8 Å². The van der Waals surface area contributed by atoms with Crippen molar-refractivity contribution in [3.05, 3.63) is 35.5 Å². The number of carbonyl (C=O) groups is 1. The van der Waals surface area contributed by atoms with Crippen molar-refractivity contribution in [3.8, 4) is 23.0 Å². The van der Waals surface area contributed by atoms with Gasteiger partial charge in [0.05, 0.1) is 18.4 Å². The van der Waals surface area contributed by atoms with Crippen LogP contribution in [0, 0.1) is 5.92 Å². The molecule has 1 heterocycles. The van der Waals surface area contributed by atoms with Gasteiger partial charge in [0, 0.05) is 24.2 Å². The van der Waals surface area contributed by atoms with Crippen LogP contribution in [0.5, 0.6) is 11.8 Å². The van der Waals surface area contributed by atoms with Crippen molar-refractivity contribution < 1.29 is 24.1 Å². The number of methoxy groups -OCH3 is 1. The molecule has 1 fully saturated rings. The molecule has 9 heteroatoms. The first-order valence-corrected chi connectivity index (χ1v) is 9.69. The minimum Gasteiger partial charge on any atom is -0.474 e. The number of rotatable bonds is 9. The molecule has 1 saturated carbocycles. The molecule has 0 spiro atoms. The number of aromatic nitrogens is 2. The monoisotopic (exact) mass is 421 g/mol. The summed E-state index contributed by atoms with van der Waals surface area (Å²) in [6.07, 6.45) is 2.52. The third-order valence-corrected chi connectivity index (χ3v) is 4.86. The number of aliphatic hydroxyl groups is 1. The molecule has 156 valence electrons. The molecule has 0 unspecified atom stereocenters. The third kappa shape index (κ3) is 6.03. The van der Waals surface area contributed by atoms with E-state index in [1.165, 1.54) is 6.20 Å². The lowest BCUT2D eigenvalue weighted by Crippen LogP contribution is -2.43. The van der Waals surface area contributed by atoms with Crippen molar-refractivity contribution in [2.45, 2.75) is 25.4 Å². The van der Waals surface area contributed by atoms with Gasteiger partial charge in [0.2, 0.25) is 11.8 Å². The van der Waals surface area contributed by atoms with E-state index in [4.69, 9.17) is 25.8 Å². The molecule has 3 rings (SSSR count). The Bertz CT molecular complexity index is 841. The molecule has 8 nitrogen and oxygen atoms in total. The van der Waals surface area contributed by atoms with Crippen molar-refractivity contribution in [1.29, 1.82) is 0 Å². The topological polar surface area (TPSA) is 103 Å². The molecule has 29 heavy (non-hydrogen) atoms. The highest BCUT2D eigenvalue weighted by molar-refractivity contribution is 6.30. The van der Waals surface area contributed by atoms with Gasteiger partial charge in [0.15, 0.2) is 0 Å². The van der Waals surface area contributed by atoms with Crippen LogP contribution in [0.2, 0.25) is 5.02 Å². The molecule has 1 aromatic carbocycles. The minimum atomic E-state index is -0.946. The van der Waals surface area contributed by atoms with E-state index in [-0.39, 0.29) is 24.2 Å². The molecule has 1 aliphatic rings. The molecule has 2 N–H and O–H groups in total. The summed E-state index contributed by atoms with van der Waals surface area (Å²) >= 11 is 5.96. The van der Waals surface area contributed by atoms with Gasteiger partial charge in [-0.3, -0.25) is 0 Å². The number of hydrogen-bond donors (Lipinski definition) is 2. The average Bonchev–Trinajstić information content (AvgIpc) is 3.54. The van der Waals surface area contributed by atoms with Crippen LogP contribution in [-0.4, -0.2) is 53.6 Å². The number of ether oxygens (including phenoxy) is 3. The van der Waals surface area contributed by atoms with E-state index >= 15 is 0 Å². The summed E-state index contributed by atoms with van der Waals surface area (Å²) in [5.74, 6) is 0.508. The zero-order valence-electron chi connectivity index (χ0n) is 16.4. The summed E-state index contributed by atoms with van der Waals surface area (Å²) in [4.78, 5) is 20.7. The van der Waals surface area contributed by atoms with E-state index in [1.807, 2.05) is 0 Å². The zero-order chi connectivity index (χ0) is 20.9. The van der Waals surface area contributed by atoms with E-state index < -0.39 is 11.7 Å². The van der Waals surface area contributed by atoms with E-state index in [9.17, 15) is 9.90 Å². The summed E-state index contributed by atoms with van der Waals surface area (Å²) in [6.45, 7) is 2.49. The van der Waals surface area contributed by atoms with Gasteiger partial charge in [0.25, 0.3) is 0 Å². The van der Waals surface area contributed by atoms with Crippen LogP contribution in [0.4, 0.5) is 4.79 Å². The number of benzene rings is 1. The van der Waals surface area contributed by atoms with Gasteiger partial charge >= 0.3 is 6.09 Å². The number of nitrogens with zero attached hydrogens (tertiary/aromatic N) is 2. The normalized spacial score (nSPS) is 15.4. The lowest BCUT2D eigenvalue weighted by molar-refractivity contribution is 0.0376. The second-order valence-electron chi connectivity index (χ2n) is 7.08. The Morgan fingerprint density at radius 1 is 1.31 bits per heavy atom. The van der Waals surface area contributed by atoms with Gasteiger partial charge in [-0.15, -0.1) is 0 Å². The number of nitrogens with one attached hydrogen (secondary N) is 1. The summed E-state index contributed by atoms with van der Waals surface area (Å²) in [7, 11) is 1.57. The van der Waals surface area contributed by atoms with E-state index in [1.54, 1.807) is 38.3 Å². The highest BCUT2D eigenvalue weighted by atomic mass is 35.5. The van der Waals surface area contributed by atoms with Gasteiger partial charge in [-0.25, -0.2) is 14.8 Å². The van der Waals surface area contributed by atoms with Crippen LogP contribution in [0.25, 0.3) is 11.3 Å². The molecule has 0 bridgehead atoms. The van der Waals surface area contributed by atoms with E-state index in [0.717, 1.165) is 12.8 Å². The van der Waals surface area contributed by atoms with E-state index in [0.29, 0.717) is 29.5 Å². The molecule has 0 aliphatic heterocycles. The molecule has 0 radical (unpaired) electrons. The first-order chi connectivity index (χ1) is 13.9. The second-order valence-corrected chi connectivity index (χ2v) is 7.52. The Balaban J connectivity index is 1.72. The average molecular weight is 422 g/mol. The van der Waals surface area contributed by atoms with Crippen molar-refractivity contribution in [2.24, 2.45) is 5.92 Å². The Hall–Kier alpha value is -2.42. The predicted molar refractivity (Wildman–Crippen MR) is 107 cm³/mol. The SMILES string of the molecule is COCCOc1ncc(OC(=O)NC[C@](C)(O)C2CC2)nc1-c1ccc(Cl)cc1. The molecule has 1 atom stereocenters. The maximum absolute atomic E-state index is 12.1. The van der Waals surface area contributed by atoms with Gasteiger partial charge in [-0.1, -0.05) is 23.7 Å². The van der Waals surface area contributed by atoms with Gasteiger partial charge in [-0.2, -0.15) is 0 Å². The van der Waals surface area contributed by atoms with Crippen LogP contribution >= 0.6 is 11.6 Å². The molecular formula is C20H24ClN3O5. The Kier molecular flexibility index (Phi) is 6.89. The number of amides is 1. The fraction of sp³-hybridized carbons (Fsp3) is 0.450. The molecule has 0 saturated heterocycles. The molecular weight excluding hydrogens is 398 g/mol. The van der Waals surface area contributed by atoms with Crippen molar-refractivity contribution in [3.63, 3.8) is 0 Å². The summed E-state index contributed by atoms with van der Waals surface area (Å²) in [5.41, 5.74) is 0.169. The molecule has 1 amide bonds. The lowest BCUT2D eigenvalue weighted by Gasteiger charge is -2.22. The fourth-order valence-electron chi connectivity index (χ4n) is 2.77. The highest BCUT2D eigenvalue weighted by Gasteiger charge is 2.40. The Labute approximate surface area is 174 Å². The highest BCUT2D eigenvalue weighted by Crippen LogP contribution is 2.39. The first kappa shape index (κ1) is 21.3. The maximum atomic E-state index is 12.1. The summed E-state index contributed by atoms with van der Waals surface area (Å²) in [6, 6.07) is 6.98. The van der Waals surface area contributed by atoms with E-state index in [2.05, 4.69) is 15.3 Å². The second kappa shape index (κ2) is 9.39. The van der Waals surface area contributed by atoms with Crippen LogP contribution in [-0.2, 0) is 4.74 Å². The minimum absolute atomic E-state index is 0.0117. The van der Waals surface area contributed by atoms with Crippen LogP contribution in [0.15, 0.2) is 30.5 Å². The smallest absolute Gasteiger partial charge is 0.414 e. The first-order valence-electron chi connectivity index (χ1n) is 9.32. The van der Waals surface area contributed by atoms with Gasteiger partial charge in [-0.05, 0) is 37.8 Å². The lowest BCUT2D eigenvalue weighted by atomic mass is 10.0. The largest absolute Gasteiger partial charge is 0.474 e. The van der Waals surface area contributed by atoms with Gasteiger partial charge < -0.3 is 24.6 Å². The number of halogens is 1. The van der Waals surface area contributed by atoms with Crippen LogP contribution in [0.3, 0.4) is 0 Å². The standard InChI is InChI=1S/C20H24ClN3O5/c1-20(26,14-5-6-14)12-23-19(25)29-16-11-22-18(28-10-9-27-2)17(24-16)13-3-7-15(21)8-4-13/h3-4,7-8,11,14,26H,5-6,9-10,12H2,1-2H3,(H,23,25)/t20-/m0/s1. The van der Waals surface area contributed by atoms with Gasteiger partial charge in [0.1, 0.15) is 12.3 Å². The number of hydrogen-bond acceptors (Lipinski definition) is 7. The maximum Gasteiger partial charge on any atom is 0.414 e. The van der Waals surface area contributed by atoms with Crippen molar-refractivity contribution in [1.82, 2.24) is 15.3 Å². The fourth-order valence-corrected chi connectivity index (χ4v) is 2.89. The molecule has 2 aromatic rings. The summed E-state index contributed by atoms with van der Waals surface area (Å²) in [5, 5.41) is 13.4. The van der Waals surface area contributed by atoms with Crippen LogP contribution < -0.4 is 14.8 Å². The third-order valence-electron chi connectivity index (χ3n) is 4.61. The Morgan fingerprint density at radius 2 is 2.03 bits per heavy atom. The quantitative estimate of drug-likeness (QED) is 0.599. The molecule has 1 aromatic heterocycles. The zero-order valence-corrected chi connectivity index (χ0v) is 17.1. The molecule has 1 aliphatic carbocycles. The van der Waals surface area contributed by atoms with Crippen molar-refractivity contribution >= 4 is 17.7 Å².